The molecule has 4 heteroatoms. The van der Waals surface area contributed by atoms with E-state index in [0.717, 1.165) is 31.5 Å². The Labute approximate surface area is 120 Å². The number of aliphatic hydroxyl groups excluding tert-OH is 1. The Balaban J connectivity index is 1.92. The van der Waals surface area contributed by atoms with Crippen LogP contribution in [0.1, 0.15) is 44.3 Å². The van der Waals surface area contributed by atoms with Crippen molar-refractivity contribution >= 4 is 5.91 Å². The van der Waals surface area contributed by atoms with Gasteiger partial charge in [0.25, 0.3) is 5.91 Å². The van der Waals surface area contributed by atoms with Crippen LogP contribution in [-0.2, 0) is 4.79 Å². The molecule has 1 aromatic carbocycles. The lowest BCUT2D eigenvalue weighted by molar-refractivity contribution is -0.133. The summed E-state index contributed by atoms with van der Waals surface area (Å²) in [5, 5.41) is 9.68. The number of carbonyl (C=O) groups is 1. The molecule has 0 aliphatic carbocycles. The molecule has 0 bridgehead atoms. The largest absolute Gasteiger partial charge is 0.483 e. The number of para-hydroxylation sites is 1. The van der Waals surface area contributed by atoms with E-state index in [4.69, 9.17) is 4.74 Å². The van der Waals surface area contributed by atoms with Crippen molar-refractivity contribution in [1.29, 1.82) is 0 Å². The van der Waals surface area contributed by atoms with Crippen LogP contribution in [0.3, 0.4) is 0 Å². The SMILES string of the molecule is CC(O)c1ccccc1OCC(=O)N1CCCCCC1. The van der Waals surface area contributed by atoms with Crippen molar-refractivity contribution in [2.45, 2.75) is 38.7 Å². The van der Waals surface area contributed by atoms with Crippen molar-refractivity contribution in [2.75, 3.05) is 19.7 Å². The van der Waals surface area contributed by atoms with Gasteiger partial charge in [-0.25, -0.2) is 0 Å². The highest BCUT2D eigenvalue weighted by Gasteiger charge is 2.17. The lowest BCUT2D eigenvalue weighted by atomic mass is 10.1. The zero-order valence-electron chi connectivity index (χ0n) is 12.0. The summed E-state index contributed by atoms with van der Waals surface area (Å²) in [6, 6.07) is 7.30. The van der Waals surface area contributed by atoms with E-state index in [9.17, 15) is 9.90 Å². The molecule has 1 unspecified atom stereocenters. The second-order valence-corrected chi connectivity index (χ2v) is 5.30. The molecule has 1 fully saturated rings. The van der Waals surface area contributed by atoms with Gasteiger partial charge in [-0.2, -0.15) is 0 Å². The first-order valence-corrected chi connectivity index (χ1v) is 7.36. The van der Waals surface area contributed by atoms with Crippen LogP contribution in [0.25, 0.3) is 0 Å². The molecule has 1 heterocycles. The number of rotatable bonds is 4. The van der Waals surface area contributed by atoms with Gasteiger partial charge in [-0.3, -0.25) is 4.79 Å². The van der Waals surface area contributed by atoms with Crippen LogP contribution < -0.4 is 4.74 Å². The van der Waals surface area contributed by atoms with Gasteiger partial charge >= 0.3 is 0 Å². The van der Waals surface area contributed by atoms with Crippen LogP contribution >= 0.6 is 0 Å². The number of likely N-dealkylation sites (tertiary alicyclic amines) is 1. The Morgan fingerprint density at radius 3 is 2.55 bits per heavy atom. The Kier molecular flexibility index (Phi) is 5.41. The fourth-order valence-electron chi connectivity index (χ4n) is 2.51. The first-order chi connectivity index (χ1) is 9.68. The Morgan fingerprint density at radius 1 is 1.25 bits per heavy atom. The molecular weight excluding hydrogens is 254 g/mol. The second-order valence-electron chi connectivity index (χ2n) is 5.30. The summed E-state index contributed by atoms with van der Waals surface area (Å²) in [6.07, 6.45) is 3.97. The third-order valence-corrected chi connectivity index (χ3v) is 3.68. The molecule has 0 radical (unpaired) electrons. The zero-order valence-corrected chi connectivity index (χ0v) is 12.0. The summed E-state index contributed by atoms with van der Waals surface area (Å²) in [6.45, 7) is 3.41. The molecule has 1 N–H and O–H groups in total. The summed E-state index contributed by atoms with van der Waals surface area (Å²) in [7, 11) is 0. The molecule has 1 amide bonds. The lowest BCUT2D eigenvalue weighted by Gasteiger charge is -2.21. The molecule has 0 saturated carbocycles. The van der Waals surface area contributed by atoms with Crippen LogP contribution in [-0.4, -0.2) is 35.6 Å². The van der Waals surface area contributed by atoms with Gasteiger partial charge in [0, 0.05) is 18.7 Å². The van der Waals surface area contributed by atoms with Crippen molar-refractivity contribution in [3.8, 4) is 5.75 Å². The summed E-state index contributed by atoms with van der Waals surface area (Å²) >= 11 is 0. The van der Waals surface area contributed by atoms with Crippen molar-refractivity contribution in [3.63, 3.8) is 0 Å². The number of hydrogen-bond donors (Lipinski definition) is 1. The van der Waals surface area contributed by atoms with E-state index in [0.29, 0.717) is 5.75 Å². The number of nitrogens with zero attached hydrogens (tertiary/aromatic N) is 1. The standard InChI is InChI=1S/C16H23NO3/c1-13(18)14-8-4-5-9-15(14)20-12-16(19)17-10-6-2-3-7-11-17/h4-5,8-9,13,18H,2-3,6-7,10-12H2,1H3. The van der Waals surface area contributed by atoms with Gasteiger partial charge in [0.2, 0.25) is 0 Å². The number of ether oxygens (including phenoxy) is 1. The summed E-state index contributed by atoms with van der Waals surface area (Å²) in [5.74, 6) is 0.623. The minimum Gasteiger partial charge on any atom is -0.483 e. The third kappa shape index (κ3) is 3.97. The maximum atomic E-state index is 12.1. The number of carbonyl (C=O) groups excluding carboxylic acids is 1. The van der Waals surface area contributed by atoms with Crippen LogP contribution in [0.15, 0.2) is 24.3 Å². The summed E-state index contributed by atoms with van der Waals surface area (Å²) in [5.41, 5.74) is 0.719. The fourth-order valence-corrected chi connectivity index (χ4v) is 2.51. The number of aliphatic hydroxyl groups is 1. The first kappa shape index (κ1) is 14.9. The van der Waals surface area contributed by atoms with Crippen LogP contribution in [0, 0.1) is 0 Å². The Hall–Kier alpha value is -1.55. The van der Waals surface area contributed by atoms with Crippen molar-refractivity contribution in [3.05, 3.63) is 29.8 Å². The molecule has 1 aromatic rings. The second kappa shape index (κ2) is 7.29. The molecular formula is C16H23NO3. The molecule has 4 nitrogen and oxygen atoms in total. The maximum Gasteiger partial charge on any atom is 0.260 e. The van der Waals surface area contributed by atoms with Gasteiger partial charge in [0.15, 0.2) is 6.61 Å². The highest BCUT2D eigenvalue weighted by Crippen LogP contribution is 2.24. The number of amides is 1. The van der Waals surface area contributed by atoms with Gasteiger partial charge in [0.1, 0.15) is 5.75 Å². The van der Waals surface area contributed by atoms with Crippen molar-refractivity contribution < 1.29 is 14.6 Å². The van der Waals surface area contributed by atoms with E-state index in [1.54, 1.807) is 13.0 Å². The normalized spacial score (nSPS) is 17.4. The van der Waals surface area contributed by atoms with Crippen molar-refractivity contribution in [2.24, 2.45) is 0 Å². The monoisotopic (exact) mass is 277 g/mol. The Morgan fingerprint density at radius 2 is 1.90 bits per heavy atom. The van der Waals surface area contributed by atoms with E-state index in [-0.39, 0.29) is 12.5 Å². The smallest absolute Gasteiger partial charge is 0.260 e. The molecule has 0 aromatic heterocycles. The van der Waals surface area contributed by atoms with E-state index >= 15 is 0 Å². The highest BCUT2D eigenvalue weighted by molar-refractivity contribution is 5.77. The minimum absolute atomic E-state index is 0.0345. The number of benzene rings is 1. The van der Waals surface area contributed by atoms with E-state index < -0.39 is 6.10 Å². The van der Waals surface area contributed by atoms with Crippen LogP contribution in [0.4, 0.5) is 0 Å². The van der Waals surface area contributed by atoms with Gasteiger partial charge in [0.05, 0.1) is 6.10 Å². The predicted octanol–water partition coefficient (Wildman–Crippen LogP) is 2.52. The zero-order chi connectivity index (χ0) is 14.4. The third-order valence-electron chi connectivity index (χ3n) is 3.68. The van der Waals surface area contributed by atoms with Gasteiger partial charge in [-0.1, -0.05) is 31.0 Å². The molecule has 2 rings (SSSR count). The molecule has 110 valence electrons. The Bertz CT molecular complexity index is 437. The number of hydrogen-bond acceptors (Lipinski definition) is 3. The topological polar surface area (TPSA) is 49.8 Å². The first-order valence-electron chi connectivity index (χ1n) is 7.36. The van der Waals surface area contributed by atoms with Gasteiger partial charge in [-0.05, 0) is 25.8 Å². The summed E-state index contributed by atoms with van der Waals surface area (Å²) < 4.78 is 5.60. The van der Waals surface area contributed by atoms with Crippen LogP contribution in [0.5, 0.6) is 5.75 Å². The minimum atomic E-state index is -0.598. The quantitative estimate of drug-likeness (QED) is 0.920. The molecule has 1 saturated heterocycles. The molecule has 0 spiro atoms. The molecule has 1 aliphatic rings. The highest BCUT2D eigenvalue weighted by atomic mass is 16.5. The lowest BCUT2D eigenvalue weighted by Crippen LogP contribution is -2.35. The van der Waals surface area contributed by atoms with Crippen molar-refractivity contribution in [1.82, 2.24) is 4.90 Å². The molecule has 1 atom stereocenters. The summed E-state index contributed by atoms with van der Waals surface area (Å²) in [4.78, 5) is 14.0. The maximum absolute atomic E-state index is 12.1. The molecule has 1 aliphatic heterocycles. The van der Waals surface area contributed by atoms with Gasteiger partial charge in [-0.15, -0.1) is 0 Å². The van der Waals surface area contributed by atoms with E-state index in [2.05, 4.69) is 0 Å². The van der Waals surface area contributed by atoms with Crippen LogP contribution in [0.2, 0.25) is 0 Å². The predicted molar refractivity (Wildman–Crippen MR) is 77.6 cm³/mol. The molecule has 20 heavy (non-hydrogen) atoms. The van der Waals surface area contributed by atoms with Gasteiger partial charge < -0.3 is 14.7 Å². The fraction of sp³-hybridized carbons (Fsp3) is 0.562. The van der Waals surface area contributed by atoms with E-state index in [1.807, 2.05) is 23.1 Å². The van der Waals surface area contributed by atoms with E-state index in [1.165, 1.54) is 12.8 Å². The average Bonchev–Trinajstić information content (AvgIpc) is 2.74. The average molecular weight is 277 g/mol.